The van der Waals surface area contributed by atoms with Crippen molar-refractivity contribution in [2.24, 2.45) is 0 Å². The van der Waals surface area contributed by atoms with Gasteiger partial charge in [0.15, 0.2) is 0 Å². The number of benzene rings is 1. The molecule has 2 saturated heterocycles. The number of carbonyl (C=O) groups is 1. The van der Waals surface area contributed by atoms with Crippen LogP contribution in [0.1, 0.15) is 19.0 Å². The number of para-hydroxylation sites is 1. The second-order valence-corrected chi connectivity index (χ2v) is 7.52. The summed E-state index contributed by atoms with van der Waals surface area (Å²) in [7, 11) is 0. The van der Waals surface area contributed by atoms with E-state index in [-0.39, 0.29) is 12.0 Å². The van der Waals surface area contributed by atoms with Crippen molar-refractivity contribution in [3.05, 3.63) is 42.1 Å². The fourth-order valence-corrected chi connectivity index (χ4v) is 4.20. The van der Waals surface area contributed by atoms with Gasteiger partial charge in [-0.05, 0) is 32.4 Å². The predicted molar refractivity (Wildman–Crippen MR) is 109 cm³/mol. The average Bonchev–Trinajstić information content (AvgIpc) is 3.36. The quantitative estimate of drug-likeness (QED) is 0.792. The maximum atomic E-state index is 12.0. The van der Waals surface area contributed by atoms with Crippen LogP contribution >= 0.6 is 0 Å². The first-order chi connectivity index (χ1) is 13.7. The Kier molecular flexibility index (Phi) is 5.64. The molecule has 150 valence electrons. The van der Waals surface area contributed by atoms with E-state index in [2.05, 4.69) is 33.3 Å². The van der Waals surface area contributed by atoms with Crippen molar-refractivity contribution in [1.82, 2.24) is 20.0 Å². The lowest BCUT2D eigenvalue weighted by Crippen LogP contribution is -2.51. The summed E-state index contributed by atoms with van der Waals surface area (Å²) in [5.74, 6) is 1.03. The minimum atomic E-state index is -0.162. The standard InChI is InChI=1S/C21H29N5O2/c1-3-28-21(27)19-14-18(15-22-19)24-9-11-25(12-10-24)20-13-16(2)23-26(20)17-7-5-4-6-8-17/h4-8,13,18-19,22H,3,9-12,14-15H2,1-2H3/t18-,19-/m0/s1. The molecule has 0 spiro atoms. The summed E-state index contributed by atoms with van der Waals surface area (Å²) < 4.78 is 7.20. The van der Waals surface area contributed by atoms with Crippen LogP contribution in [0, 0.1) is 6.92 Å². The van der Waals surface area contributed by atoms with Crippen molar-refractivity contribution >= 4 is 11.8 Å². The van der Waals surface area contributed by atoms with Gasteiger partial charge in [-0.2, -0.15) is 5.10 Å². The third kappa shape index (κ3) is 3.91. The molecule has 1 aromatic heterocycles. The van der Waals surface area contributed by atoms with E-state index < -0.39 is 0 Å². The lowest BCUT2D eigenvalue weighted by molar-refractivity contribution is -0.145. The van der Waals surface area contributed by atoms with E-state index in [0.29, 0.717) is 12.6 Å². The van der Waals surface area contributed by atoms with Crippen LogP contribution in [-0.2, 0) is 9.53 Å². The SMILES string of the molecule is CCOC(=O)[C@@H]1C[C@H](N2CCN(c3cc(C)nn3-c3ccccc3)CC2)CN1. The molecule has 0 unspecified atom stereocenters. The molecule has 0 bridgehead atoms. The molecule has 1 aromatic carbocycles. The van der Waals surface area contributed by atoms with Gasteiger partial charge in [-0.3, -0.25) is 9.69 Å². The van der Waals surface area contributed by atoms with Gasteiger partial charge < -0.3 is 15.0 Å². The molecule has 2 aliphatic heterocycles. The number of esters is 1. The fraction of sp³-hybridized carbons (Fsp3) is 0.524. The normalized spacial score (nSPS) is 23.1. The van der Waals surface area contributed by atoms with Gasteiger partial charge in [0.2, 0.25) is 0 Å². The van der Waals surface area contributed by atoms with Gasteiger partial charge in [-0.25, -0.2) is 4.68 Å². The topological polar surface area (TPSA) is 62.6 Å². The summed E-state index contributed by atoms with van der Waals surface area (Å²) in [6, 6.07) is 12.7. The Balaban J connectivity index is 1.39. The van der Waals surface area contributed by atoms with Crippen LogP contribution < -0.4 is 10.2 Å². The van der Waals surface area contributed by atoms with E-state index in [4.69, 9.17) is 9.84 Å². The second kappa shape index (κ2) is 8.32. The van der Waals surface area contributed by atoms with E-state index in [1.54, 1.807) is 0 Å². The molecule has 4 rings (SSSR count). The molecule has 2 atom stereocenters. The van der Waals surface area contributed by atoms with E-state index in [0.717, 1.165) is 56.3 Å². The number of nitrogens with one attached hydrogen (secondary N) is 1. The van der Waals surface area contributed by atoms with Crippen LogP contribution in [0.25, 0.3) is 5.69 Å². The van der Waals surface area contributed by atoms with Gasteiger partial charge in [-0.1, -0.05) is 18.2 Å². The number of hydrogen-bond donors (Lipinski definition) is 1. The number of aryl methyl sites for hydroxylation is 1. The number of piperazine rings is 1. The van der Waals surface area contributed by atoms with Crippen LogP contribution in [-0.4, -0.2) is 72.1 Å². The largest absolute Gasteiger partial charge is 0.465 e. The first kappa shape index (κ1) is 19.0. The molecule has 0 amide bonds. The van der Waals surface area contributed by atoms with Crippen LogP contribution in [0.3, 0.4) is 0 Å². The van der Waals surface area contributed by atoms with E-state index in [1.807, 2.05) is 36.7 Å². The highest BCUT2D eigenvalue weighted by Gasteiger charge is 2.35. The van der Waals surface area contributed by atoms with E-state index in [9.17, 15) is 4.79 Å². The zero-order valence-electron chi connectivity index (χ0n) is 16.7. The first-order valence-electron chi connectivity index (χ1n) is 10.2. The second-order valence-electron chi connectivity index (χ2n) is 7.52. The van der Waals surface area contributed by atoms with Gasteiger partial charge in [0.25, 0.3) is 0 Å². The number of hydrogen-bond acceptors (Lipinski definition) is 6. The predicted octanol–water partition coefficient (Wildman–Crippen LogP) is 1.60. The molecule has 7 nitrogen and oxygen atoms in total. The van der Waals surface area contributed by atoms with Crippen molar-refractivity contribution in [3.8, 4) is 5.69 Å². The first-order valence-corrected chi connectivity index (χ1v) is 10.2. The Morgan fingerprint density at radius 2 is 1.96 bits per heavy atom. The van der Waals surface area contributed by atoms with Crippen molar-refractivity contribution in [2.75, 3.05) is 44.2 Å². The third-order valence-corrected chi connectivity index (χ3v) is 5.65. The van der Waals surface area contributed by atoms with Gasteiger partial charge in [-0.15, -0.1) is 0 Å². The summed E-state index contributed by atoms with van der Waals surface area (Å²) >= 11 is 0. The average molecular weight is 383 g/mol. The highest BCUT2D eigenvalue weighted by Crippen LogP contribution is 2.24. The van der Waals surface area contributed by atoms with Gasteiger partial charge in [0.05, 0.1) is 18.0 Å². The number of nitrogens with zero attached hydrogens (tertiary/aromatic N) is 4. The van der Waals surface area contributed by atoms with Crippen molar-refractivity contribution in [3.63, 3.8) is 0 Å². The summed E-state index contributed by atoms with van der Waals surface area (Å²) in [5.41, 5.74) is 2.11. The highest BCUT2D eigenvalue weighted by molar-refractivity contribution is 5.76. The Labute approximate surface area is 166 Å². The Morgan fingerprint density at radius 3 is 2.68 bits per heavy atom. The number of ether oxygens (including phenoxy) is 1. The highest BCUT2D eigenvalue weighted by atomic mass is 16.5. The van der Waals surface area contributed by atoms with Crippen molar-refractivity contribution in [2.45, 2.75) is 32.4 Å². The molecule has 2 aromatic rings. The Bertz CT molecular complexity index is 798. The summed E-state index contributed by atoms with van der Waals surface area (Å²) in [5, 5.41) is 8.02. The van der Waals surface area contributed by atoms with E-state index >= 15 is 0 Å². The number of carbonyl (C=O) groups excluding carboxylic acids is 1. The van der Waals surface area contributed by atoms with E-state index in [1.165, 1.54) is 0 Å². The fourth-order valence-electron chi connectivity index (χ4n) is 4.20. The molecule has 0 radical (unpaired) electrons. The van der Waals surface area contributed by atoms with Crippen LogP contribution in [0.15, 0.2) is 36.4 Å². The molecule has 3 heterocycles. The van der Waals surface area contributed by atoms with Crippen molar-refractivity contribution < 1.29 is 9.53 Å². The molecule has 0 saturated carbocycles. The molecule has 2 aliphatic rings. The summed E-state index contributed by atoms with van der Waals surface area (Å²) in [4.78, 5) is 16.9. The lowest BCUT2D eigenvalue weighted by atomic mass is 10.1. The maximum Gasteiger partial charge on any atom is 0.323 e. The van der Waals surface area contributed by atoms with Gasteiger partial charge in [0.1, 0.15) is 11.9 Å². The zero-order chi connectivity index (χ0) is 19.5. The molecule has 0 aliphatic carbocycles. The molecule has 1 N–H and O–H groups in total. The summed E-state index contributed by atoms with van der Waals surface area (Å²) in [6.45, 7) is 9.07. The maximum absolute atomic E-state index is 12.0. The smallest absolute Gasteiger partial charge is 0.323 e. The Morgan fingerprint density at radius 1 is 1.21 bits per heavy atom. The van der Waals surface area contributed by atoms with Crippen molar-refractivity contribution in [1.29, 1.82) is 0 Å². The lowest BCUT2D eigenvalue weighted by Gasteiger charge is -2.38. The monoisotopic (exact) mass is 383 g/mol. The molecular formula is C21H29N5O2. The minimum absolute atomic E-state index is 0.120. The van der Waals surface area contributed by atoms with Crippen LogP contribution in [0.2, 0.25) is 0 Å². The summed E-state index contributed by atoms with van der Waals surface area (Å²) in [6.07, 6.45) is 0.833. The molecule has 7 heteroatoms. The van der Waals surface area contributed by atoms with Crippen LogP contribution in [0.5, 0.6) is 0 Å². The molecule has 2 fully saturated rings. The molecular weight excluding hydrogens is 354 g/mol. The van der Waals surface area contributed by atoms with Crippen LogP contribution in [0.4, 0.5) is 5.82 Å². The number of anilines is 1. The number of rotatable bonds is 5. The third-order valence-electron chi connectivity index (χ3n) is 5.65. The minimum Gasteiger partial charge on any atom is -0.465 e. The van der Waals surface area contributed by atoms with Gasteiger partial charge >= 0.3 is 5.97 Å². The zero-order valence-corrected chi connectivity index (χ0v) is 16.7. The molecule has 28 heavy (non-hydrogen) atoms. The number of aromatic nitrogens is 2. The van der Waals surface area contributed by atoms with Gasteiger partial charge in [0, 0.05) is 44.8 Å². The Hall–Kier alpha value is -2.38.